The minimum absolute atomic E-state index is 0.498. The van der Waals surface area contributed by atoms with Crippen molar-refractivity contribution < 1.29 is 13.2 Å². The van der Waals surface area contributed by atoms with Gasteiger partial charge in [-0.05, 0) is 19.3 Å². The number of sulfonamides is 1. The van der Waals surface area contributed by atoms with Gasteiger partial charge in [0.2, 0.25) is 10.0 Å². The lowest BCUT2D eigenvalue weighted by atomic mass is 10.1. The Morgan fingerprint density at radius 3 is 2.23 bits per heavy atom. The van der Waals surface area contributed by atoms with Crippen LogP contribution in [0.15, 0.2) is 0 Å². The van der Waals surface area contributed by atoms with E-state index in [0.717, 1.165) is 25.5 Å². The fourth-order valence-electron chi connectivity index (χ4n) is 1.32. The monoisotopic (exact) mass is 206 g/mol. The second kappa shape index (κ2) is 3.95. The van der Waals surface area contributed by atoms with Crippen molar-refractivity contribution in [1.82, 2.24) is 9.62 Å². The molecule has 13 heavy (non-hydrogen) atoms. The maximum Gasteiger partial charge on any atom is 0.331 e. The molecule has 1 fully saturated rings. The Morgan fingerprint density at radius 1 is 1.23 bits per heavy atom. The molecule has 0 unspecified atom stereocenters. The second-order valence-corrected chi connectivity index (χ2v) is 4.98. The maximum absolute atomic E-state index is 11.2. The van der Waals surface area contributed by atoms with Crippen LogP contribution in [0.4, 0.5) is 4.79 Å². The third kappa shape index (κ3) is 3.63. The first-order chi connectivity index (χ1) is 5.99. The van der Waals surface area contributed by atoms with E-state index in [1.807, 2.05) is 4.72 Å². The molecule has 0 bridgehead atoms. The number of likely N-dealkylation sites (tertiary alicyclic amines) is 1. The molecule has 0 spiro atoms. The van der Waals surface area contributed by atoms with Gasteiger partial charge in [0.1, 0.15) is 0 Å². The highest BCUT2D eigenvalue weighted by atomic mass is 32.2. The molecule has 6 heteroatoms. The van der Waals surface area contributed by atoms with Crippen LogP contribution in [0, 0.1) is 0 Å². The van der Waals surface area contributed by atoms with Crippen LogP contribution in [0.25, 0.3) is 0 Å². The van der Waals surface area contributed by atoms with Crippen molar-refractivity contribution in [2.45, 2.75) is 19.3 Å². The molecule has 0 aromatic carbocycles. The molecule has 1 heterocycles. The van der Waals surface area contributed by atoms with Crippen molar-refractivity contribution >= 4 is 16.1 Å². The van der Waals surface area contributed by atoms with E-state index in [-0.39, 0.29) is 0 Å². The molecule has 0 radical (unpaired) electrons. The number of amides is 2. The highest BCUT2D eigenvalue weighted by Crippen LogP contribution is 2.08. The summed E-state index contributed by atoms with van der Waals surface area (Å²) in [6, 6.07) is -0.498. The van der Waals surface area contributed by atoms with Crippen molar-refractivity contribution in [2.75, 3.05) is 19.3 Å². The number of carbonyl (C=O) groups is 1. The van der Waals surface area contributed by atoms with Crippen molar-refractivity contribution in [3.63, 3.8) is 0 Å². The molecule has 0 aliphatic carbocycles. The van der Waals surface area contributed by atoms with Gasteiger partial charge in [0.05, 0.1) is 6.26 Å². The van der Waals surface area contributed by atoms with E-state index in [2.05, 4.69) is 0 Å². The van der Waals surface area contributed by atoms with Gasteiger partial charge in [0, 0.05) is 13.1 Å². The quantitative estimate of drug-likeness (QED) is 0.663. The summed E-state index contributed by atoms with van der Waals surface area (Å²) in [6.45, 7) is 1.31. The smallest absolute Gasteiger partial charge is 0.324 e. The Bertz CT molecular complexity index is 280. The van der Waals surface area contributed by atoms with Gasteiger partial charge in [0.15, 0.2) is 0 Å². The molecular formula is C7H14N2O3S. The first-order valence-electron chi connectivity index (χ1n) is 4.26. The molecular weight excluding hydrogens is 192 g/mol. The average molecular weight is 206 g/mol. The molecule has 5 nitrogen and oxygen atoms in total. The summed E-state index contributed by atoms with van der Waals surface area (Å²) < 4.78 is 23.4. The van der Waals surface area contributed by atoms with Gasteiger partial charge in [-0.2, -0.15) is 0 Å². The van der Waals surface area contributed by atoms with E-state index < -0.39 is 16.1 Å². The second-order valence-electron chi connectivity index (χ2n) is 3.23. The molecule has 0 aromatic heterocycles. The topological polar surface area (TPSA) is 66.5 Å². The van der Waals surface area contributed by atoms with Crippen LogP contribution in [0.3, 0.4) is 0 Å². The number of hydrogen-bond donors (Lipinski definition) is 1. The predicted molar refractivity (Wildman–Crippen MR) is 48.8 cm³/mol. The van der Waals surface area contributed by atoms with E-state index in [1.165, 1.54) is 4.90 Å². The van der Waals surface area contributed by atoms with Crippen molar-refractivity contribution in [3.05, 3.63) is 0 Å². The molecule has 0 aromatic rings. The van der Waals surface area contributed by atoms with Crippen molar-refractivity contribution in [1.29, 1.82) is 0 Å². The number of nitrogens with zero attached hydrogens (tertiary/aromatic N) is 1. The first kappa shape index (κ1) is 10.3. The maximum atomic E-state index is 11.2. The number of piperidine rings is 1. The summed E-state index contributed by atoms with van der Waals surface area (Å²) in [5.74, 6) is 0. The summed E-state index contributed by atoms with van der Waals surface area (Å²) in [5, 5.41) is 0. The number of carbonyl (C=O) groups excluding carboxylic acids is 1. The molecule has 2 amide bonds. The third-order valence-corrected chi connectivity index (χ3v) is 2.46. The molecule has 1 rings (SSSR count). The molecule has 1 aliphatic rings. The molecule has 1 saturated heterocycles. The molecule has 0 saturated carbocycles. The van der Waals surface area contributed by atoms with Gasteiger partial charge >= 0.3 is 6.03 Å². The third-order valence-electron chi connectivity index (χ3n) is 1.92. The molecule has 76 valence electrons. The summed E-state index contributed by atoms with van der Waals surface area (Å²) >= 11 is 0. The lowest BCUT2D eigenvalue weighted by Gasteiger charge is -2.26. The Kier molecular flexibility index (Phi) is 3.13. The van der Waals surface area contributed by atoms with Crippen molar-refractivity contribution in [3.8, 4) is 0 Å². The van der Waals surface area contributed by atoms with Crippen LogP contribution in [-0.2, 0) is 10.0 Å². The zero-order chi connectivity index (χ0) is 9.90. The Hall–Kier alpha value is -0.780. The first-order valence-corrected chi connectivity index (χ1v) is 6.15. The van der Waals surface area contributed by atoms with Crippen LogP contribution in [0.1, 0.15) is 19.3 Å². The molecule has 0 atom stereocenters. The van der Waals surface area contributed by atoms with Gasteiger partial charge in [0.25, 0.3) is 0 Å². The number of nitrogens with one attached hydrogen (secondary N) is 1. The van der Waals surface area contributed by atoms with Crippen LogP contribution in [-0.4, -0.2) is 38.7 Å². The van der Waals surface area contributed by atoms with Crippen LogP contribution in [0.2, 0.25) is 0 Å². The fraction of sp³-hybridized carbons (Fsp3) is 0.857. The van der Waals surface area contributed by atoms with E-state index >= 15 is 0 Å². The summed E-state index contributed by atoms with van der Waals surface area (Å²) in [4.78, 5) is 12.8. The van der Waals surface area contributed by atoms with Gasteiger partial charge in [-0.15, -0.1) is 0 Å². The van der Waals surface area contributed by atoms with Crippen LogP contribution < -0.4 is 4.72 Å². The lowest BCUT2D eigenvalue weighted by Crippen LogP contribution is -2.44. The molecule has 1 N–H and O–H groups in total. The standard InChI is InChI=1S/C7H14N2O3S/c1-13(11,12)8-7(10)9-5-3-2-4-6-9/h2-6H2,1H3,(H,8,10). The number of rotatable bonds is 1. The summed E-state index contributed by atoms with van der Waals surface area (Å²) in [6.07, 6.45) is 4.01. The number of hydrogen-bond acceptors (Lipinski definition) is 3. The minimum atomic E-state index is -3.41. The zero-order valence-electron chi connectivity index (χ0n) is 7.62. The highest BCUT2D eigenvalue weighted by molar-refractivity contribution is 7.89. The number of urea groups is 1. The normalized spacial score (nSPS) is 18.4. The lowest BCUT2D eigenvalue weighted by molar-refractivity contribution is 0.192. The van der Waals surface area contributed by atoms with E-state index in [1.54, 1.807) is 0 Å². The van der Waals surface area contributed by atoms with E-state index in [9.17, 15) is 13.2 Å². The minimum Gasteiger partial charge on any atom is -0.324 e. The van der Waals surface area contributed by atoms with E-state index in [0.29, 0.717) is 13.1 Å². The van der Waals surface area contributed by atoms with Crippen LogP contribution in [0.5, 0.6) is 0 Å². The van der Waals surface area contributed by atoms with Gasteiger partial charge in [-0.25, -0.2) is 17.9 Å². The Labute approximate surface area is 78.2 Å². The Morgan fingerprint density at radius 2 is 1.77 bits per heavy atom. The fourth-order valence-corrected chi connectivity index (χ4v) is 1.77. The summed E-state index contributed by atoms with van der Waals surface area (Å²) in [7, 11) is -3.41. The van der Waals surface area contributed by atoms with Crippen LogP contribution >= 0.6 is 0 Å². The summed E-state index contributed by atoms with van der Waals surface area (Å²) in [5.41, 5.74) is 0. The Balaban J connectivity index is 2.47. The molecule has 1 aliphatic heterocycles. The SMILES string of the molecule is CS(=O)(=O)NC(=O)N1CCCCC1. The van der Waals surface area contributed by atoms with Gasteiger partial charge < -0.3 is 4.90 Å². The highest BCUT2D eigenvalue weighted by Gasteiger charge is 2.18. The largest absolute Gasteiger partial charge is 0.331 e. The zero-order valence-corrected chi connectivity index (χ0v) is 8.43. The van der Waals surface area contributed by atoms with E-state index in [4.69, 9.17) is 0 Å². The van der Waals surface area contributed by atoms with Crippen molar-refractivity contribution in [2.24, 2.45) is 0 Å². The average Bonchev–Trinajstić information content (AvgIpc) is 2.03. The van der Waals surface area contributed by atoms with Gasteiger partial charge in [-0.3, -0.25) is 0 Å². The predicted octanol–water partition coefficient (Wildman–Crippen LogP) is 0.141. The van der Waals surface area contributed by atoms with Gasteiger partial charge in [-0.1, -0.05) is 0 Å².